The number of aromatic nitrogens is 2. The third kappa shape index (κ3) is 3.47. The average molecular weight is 373 g/mol. The summed E-state index contributed by atoms with van der Waals surface area (Å²) in [5.41, 5.74) is 1.24. The Morgan fingerprint density at radius 1 is 1.08 bits per heavy atom. The lowest BCUT2D eigenvalue weighted by Crippen LogP contribution is -2.39. The number of nitrogens with one attached hydrogen (secondary N) is 2. The molecule has 1 aromatic heterocycles. The van der Waals surface area contributed by atoms with Crippen LogP contribution in [0.4, 0.5) is 0 Å². The van der Waals surface area contributed by atoms with E-state index in [0.717, 1.165) is 5.56 Å². The van der Waals surface area contributed by atoms with Crippen LogP contribution in [-0.2, 0) is 16.6 Å². The third-order valence-electron chi connectivity index (χ3n) is 4.13. The van der Waals surface area contributed by atoms with Crippen LogP contribution < -0.4 is 15.8 Å². The Balaban J connectivity index is 1.86. The molecule has 1 heterocycles. The molecule has 7 nitrogen and oxygen atoms in total. The quantitative estimate of drug-likeness (QED) is 0.658. The van der Waals surface area contributed by atoms with Gasteiger partial charge in [-0.3, -0.25) is 9.59 Å². The van der Waals surface area contributed by atoms with Crippen LogP contribution in [0.15, 0.2) is 56.9 Å². The van der Waals surface area contributed by atoms with Crippen LogP contribution in [0.1, 0.15) is 11.1 Å². The largest absolute Gasteiger partial charge is 0.316 e. The van der Waals surface area contributed by atoms with Crippen molar-refractivity contribution in [2.45, 2.75) is 25.3 Å². The summed E-state index contributed by atoms with van der Waals surface area (Å²) in [6.07, 6.45) is 0. The molecule has 0 aliphatic heterocycles. The van der Waals surface area contributed by atoms with E-state index in [1.54, 1.807) is 49.4 Å². The normalized spacial score (nSPS) is 11.8. The number of H-pyrrole nitrogens is 1. The summed E-state index contributed by atoms with van der Waals surface area (Å²) in [5.74, 6) is 0. The minimum Gasteiger partial charge on any atom is -0.316 e. The van der Waals surface area contributed by atoms with E-state index in [4.69, 9.17) is 0 Å². The molecule has 26 heavy (non-hydrogen) atoms. The van der Waals surface area contributed by atoms with Crippen molar-refractivity contribution in [2.75, 3.05) is 6.54 Å². The van der Waals surface area contributed by atoms with Crippen LogP contribution >= 0.6 is 0 Å². The molecular formula is C18H19N3O4S. The smallest absolute Gasteiger partial charge is 0.316 e. The van der Waals surface area contributed by atoms with Gasteiger partial charge < -0.3 is 9.55 Å². The fourth-order valence-corrected chi connectivity index (χ4v) is 4.16. The Morgan fingerprint density at radius 2 is 1.81 bits per heavy atom. The Morgan fingerprint density at radius 3 is 2.54 bits per heavy atom. The number of hydrogen-bond acceptors (Lipinski definition) is 4. The van der Waals surface area contributed by atoms with Crippen molar-refractivity contribution in [1.29, 1.82) is 0 Å². The zero-order valence-corrected chi connectivity index (χ0v) is 15.3. The molecule has 3 rings (SSSR count). The Hall–Kier alpha value is -2.71. The van der Waals surface area contributed by atoms with Crippen LogP contribution in [-0.4, -0.2) is 24.5 Å². The lowest BCUT2D eigenvalue weighted by Gasteiger charge is -2.12. The lowest BCUT2D eigenvalue weighted by atomic mass is 10.2. The molecule has 0 saturated carbocycles. The van der Waals surface area contributed by atoms with Gasteiger partial charge >= 0.3 is 11.1 Å². The van der Waals surface area contributed by atoms with Gasteiger partial charge in [0.05, 0.1) is 15.9 Å². The Bertz CT molecular complexity index is 1190. The van der Waals surface area contributed by atoms with Gasteiger partial charge in [0.2, 0.25) is 10.0 Å². The maximum absolute atomic E-state index is 12.5. The number of aromatic amines is 1. The van der Waals surface area contributed by atoms with E-state index in [2.05, 4.69) is 9.71 Å². The van der Waals surface area contributed by atoms with Gasteiger partial charge in [0.25, 0.3) is 0 Å². The van der Waals surface area contributed by atoms with Crippen LogP contribution in [0, 0.1) is 13.8 Å². The SMILES string of the molecule is Cc1ccc(S(=O)(=O)NCCn2c(=O)c(=O)[nH]c3ccccc32)c(C)c1. The predicted molar refractivity (Wildman–Crippen MR) is 99.9 cm³/mol. The number of aryl methyl sites for hydroxylation is 2. The number of sulfonamides is 1. The summed E-state index contributed by atoms with van der Waals surface area (Å²) < 4.78 is 28.8. The molecular weight excluding hydrogens is 354 g/mol. The van der Waals surface area contributed by atoms with Crippen molar-refractivity contribution >= 4 is 21.1 Å². The highest BCUT2D eigenvalue weighted by Crippen LogP contribution is 2.16. The Kier molecular flexibility index (Phi) is 4.80. The number of hydrogen-bond donors (Lipinski definition) is 2. The molecule has 0 saturated heterocycles. The van der Waals surface area contributed by atoms with Crippen molar-refractivity contribution in [1.82, 2.24) is 14.3 Å². The van der Waals surface area contributed by atoms with E-state index in [1.165, 1.54) is 4.57 Å². The van der Waals surface area contributed by atoms with Crippen molar-refractivity contribution in [3.63, 3.8) is 0 Å². The van der Waals surface area contributed by atoms with Crippen LogP contribution in [0.2, 0.25) is 0 Å². The van der Waals surface area contributed by atoms with Gasteiger partial charge in [-0.15, -0.1) is 0 Å². The lowest BCUT2D eigenvalue weighted by molar-refractivity contribution is 0.571. The van der Waals surface area contributed by atoms with Gasteiger partial charge in [-0.1, -0.05) is 29.8 Å². The van der Waals surface area contributed by atoms with Crippen LogP contribution in [0.25, 0.3) is 11.0 Å². The minimum absolute atomic E-state index is 0.0109. The van der Waals surface area contributed by atoms with Gasteiger partial charge in [-0.2, -0.15) is 0 Å². The summed E-state index contributed by atoms with van der Waals surface area (Å²) in [5, 5.41) is 0. The highest BCUT2D eigenvalue weighted by atomic mass is 32.2. The van der Waals surface area contributed by atoms with E-state index >= 15 is 0 Å². The van der Waals surface area contributed by atoms with Crippen molar-refractivity contribution < 1.29 is 8.42 Å². The first-order chi connectivity index (χ1) is 12.3. The summed E-state index contributed by atoms with van der Waals surface area (Å²) in [4.78, 5) is 26.6. The maximum Gasteiger partial charge on any atom is 0.316 e. The zero-order chi connectivity index (χ0) is 18.9. The topological polar surface area (TPSA) is 101 Å². The Labute approximate surface area is 150 Å². The van der Waals surface area contributed by atoms with E-state index in [1.807, 2.05) is 6.92 Å². The maximum atomic E-state index is 12.5. The number of para-hydroxylation sites is 2. The van der Waals surface area contributed by atoms with E-state index in [9.17, 15) is 18.0 Å². The minimum atomic E-state index is -3.71. The standard InChI is InChI=1S/C18H19N3O4S/c1-12-7-8-16(13(2)11-12)26(24,25)19-9-10-21-15-6-4-3-5-14(15)20-17(22)18(21)23/h3-8,11,19H,9-10H2,1-2H3,(H,20,22). The monoisotopic (exact) mass is 373 g/mol. The second kappa shape index (κ2) is 6.89. The fourth-order valence-electron chi connectivity index (χ4n) is 2.91. The molecule has 0 fully saturated rings. The van der Waals surface area contributed by atoms with E-state index < -0.39 is 21.1 Å². The molecule has 0 spiro atoms. The molecule has 0 aliphatic carbocycles. The van der Waals surface area contributed by atoms with Gasteiger partial charge in [0.15, 0.2) is 0 Å². The molecule has 0 unspecified atom stereocenters. The molecule has 0 radical (unpaired) electrons. The summed E-state index contributed by atoms with van der Waals surface area (Å²) in [7, 11) is -3.71. The molecule has 0 amide bonds. The summed E-state index contributed by atoms with van der Waals surface area (Å²) in [6, 6.07) is 12.0. The van der Waals surface area contributed by atoms with Gasteiger partial charge in [-0.05, 0) is 37.6 Å². The van der Waals surface area contributed by atoms with E-state index in [0.29, 0.717) is 16.6 Å². The van der Waals surface area contributed by atoms with Gasteiger partial charge in [0.1, 0.15) is 0 Å². The highest BCUT2D eigenvalue weighted by molar-refractivity contribution is 7.89. The van der Waals surface area contributed by atoms with E-state index in [-0.39, 0.29) is 18.0 Å². The van der Waals surface area contributed by atoms with Crippen molar-refractivity contribution in [3.8, 4) is 0 Å². The molecule has 0 bridgehead atoms. The molecule has 8 heteroatoms. The molecule has 3 aromatic rings. The zero-order valence-electron chi connectivity index (χ0n) is 14.4. The third-order valence-corrected chi connectivity index (χ3v) is 5.75. The van der Waals surface area contributed by atoms with Gasteiger partial charge in [-0.25, -0.2) is 13.1 Å². The van der Waals surface area contributed by atoms with Crippen LogP contribution in [0.3, 0.4) is 0 Å². The summed E-state index contributed by atoms with van der Waals surface area (Å²) in [6.45, 7) is 3.66. The van der Waals surface area contributed by atoms with Gasteiger partial charge in [0, 0.05) is 13.1 Å². The molecule has 2 aromatic carbocycles. The molecule has 2 N–H and O–H groups in total. The highest BCUT2D eigenvalue weighted by Gasteiger charge is 2.16. The number of benzene rings is 2. The van der Waals surface area contributed by atoms with Crippen LogP contribution in [0.5, 0.6) is 0 Å². The first-order valence-electron chi connectivity index (χ1n) is 8.08. The number of fused-ring (bicyclic) bond motifs is 1. The summed E-state index contributed by atoms with van der Waals surface area (Å²) >= 11 is 0. The predicted octanol–water partition coefficient (Wildman–Crippen LogP) is 1.29. The number of rotatable bonds is 5. The first-order valence-corrected chi connectivity index (χ1v) is 9.57. The molecule has 0 aliphatic rings. The molecule has 136 valence electrons. The fraction of sp³-hybridized carbons (Fsp3) is 0.222. The second-order valence-corrected chi connectivity index (χ2v) is 7.83. The second-order valence-electron chi connectivity index (χ2n) is 6.09. The molecule has 0 atom stereocenters. The number of nitrogens with zero attached hydrogens (tertiary/aromatic N) is 1. The average Bonchev–Trinajstić information content (AvgIpc) is 2.58. The first kappa shape index (κ1) is 18.1. The van der Waals surface area contributed by atoms with Crippen molar-refractivity contribution in [3.05, 3.63) is 74.3 Å². The van der Waals surface area contributed by atoms with Crippen molar-refractivity contribution in [2.24, 2.45) is 0 Å².